The summed E-state index contributed by atoms with van der Waals surface area (Å²) < 4.78 is 15.7. The highest BCUT2D eigenvalue weighted by molar-refractivity contribution is 8.00. The van der Waals surface area contributed by atoms with Crippen molar-refractivity contribution in [2.24, 2.45) is 0 Å². The summed E-state index contributed by atoms with van der Waals surface area (Å²) in [4.78, 5) is 32.3. The Kier molecular flexibility index (Phi) is 7.77. The average Bonchev–Trinajstić information content (AvgIpc) is 2.82. The second-order valence-corrected chi connectivity index (χ2v) is 7.93. The largest absolute Gasteiger partial charge is 0.497 e. The van der Waals surface area contributed by atoms with Crippen LogP contribution in [0.3, 0.4) is 0 Å². The number of hydrogen-bond acceptors (Lipinski definition) is 7. The van der Waals surface area contributed by atoms with E-state index in [1.807, 2.05) is 19.1 Å². The van der Waals surface area contributed by atoms with E-state index in [0.717, 1.165) is 5.56 Å². The standard InChI is InChI=1S/C23H25N3O5S/c1-5-20(22(28)24-15-8-11-18(30-3)19(12-15)31-4)32-23-25-17(13-21(27)26-23)14-6-9-16(29-2)10-7-14/h6-13,20H,5H2,1-4H3,(H,24,28)(H,25,26,27). The number of H-pyrrole nitrogens is 1. The van der Waals surface area contributed by atoms with E-state index in [1.165, 1.54) is 24.9 Å². The Bertz CT molecular complexity index is 1130. The van der Waals surface area contributed by atoms with Gasteiger partial charge in [-0.05, 0) is 42.8 Å². The number of anilines is 1. The predicted octanol–water partition coefficient (Wildman–Crippen LogP) is 3.97. The zero-order chi connectivity index (χ0) is 23.1. The van der Waals surface area contributed by atoms with Crippen molar-refractivity contribution in [3.8, 4) is 28.5 Å². The molecule has 2 N–H and O–H groups in total. The molecule has 32 heavy (non-hydrogen) atoms. The third-order valence-electron chi connectivity index (χ3n) is 4.67. The predicted molar refractivity (Wildman–Crippen MR) is 125 cm³/mol. The van der Waals surface area contributed by atoms with Crippen LogP contribution in [-0.2, 0) is 4.79 Å². The van der Waals surface area contributed by atoms with Gasteiger partial charge in [0.1, 0.15) is 5.75 Å². The maximum absolute atomic E-state index is 12.9. The lowest BCUT2D eigenvalue weighted by Crippen LogP contribution is -2.25. The highest BCUT2D eigenvalue weighted by atomic mass is 32.2. The number of benzene rings is 2. The summed E-state index contributed by atoms with van der Waals surface area (Å²) >= 11 is 1.20. The van der Waals surface area contributed by atoms with Crippen molar-refractivity contribution in [2.45, 2.75) is 23.8 Å². The fraction of sp³-hybridized carbons (Fsp3) is 0.261. The van der Waals surface area contributed by atoms with Crippen molar-refractivity contribution < 1.29 is 19.0 Å². The summed E-state index contributed by atoms with van der Waals surface area (Å²) in [5.74, 6) is 1.60. The summed E-state index contributed by atoms with van der Waals surface area (Å²) in [6.45, 7) is 1.90. The molecule has 0 spiro atoms. The van der Waals surface area contributed by atoms with Gasteiger partial charge >= 0.3 is 0 Å². The molecule has 0 radical (unpaired) electrons. The summed E-state index contributed by atoms with van der Waals surface area (Å²) in [5, 5.41) is 2.80. The van der Waals surface area contributed by atoms with E-state index in [4.69, 9.17) is 14.2 Å². The Labute approximate surface area is 190 Å². The summed E-state index contributed by atoms with van der Waals surface area (Å²) in [5.41, 5.74) is 1.60. The van der Waals surface area contributed by atoms with Crippen LogP contribution in [0.1, 0.15) is 13.3 Å². The van der Waals surface area contributed by atoms with Crippen molar-refractivity contribution in [3.05, 3.63) is 58.9 Å². The minimum absolute atomic E-state index is 0.206. The van der Waals surface area contributed by atoms with Crippen LogP contribution in [0.5, 0.6) is 17.2 Å². The van der Waals surface area contributed by atoms with Gasteiger partial charge in [0.25, 0.3) is 5.56 Å². The fourth-order valence-corrected chi connectivity index (χ4v) is 3.91. The molecule has 1 aromatic heterocycles. The van der Waals surface area contributed by atoms with Gasteiger partial charge in [0.15, 0.2) is 16.7 Å². The molecule has 3 rings (SSSR count). The van der Waals surface area contributed by atoms with Gasteiger partial charge in [-0.1, -0.05) is 18.7 Å². The first-order valence-electron chi connectivity index (χ1n) is 9.92. The van der Waals surface area contributed by atoms with Gasteiger partial charge < -0.3 is 24.5 Å². The molecule has 9 heteroatoms. The minimum Gasteiger partial charge on any atom is -0.497 e. The Morgan fingerprint density at radius 1 is 1.03 bits per heavy atom. The quantitative estimate of drug-likeness (QED) is 0.372. The fourth-order valence-electron chi connectivity index (χ4n) is 2.99. The molecule has 0 fully saturated rings. The molecule has 8 nitrogen and oxygen atoms in total. The number of thioether (sulfide) groups is 1. The molecule has 0 aliphatic carbocycles. The van der Waals surface area contributed by atoms with Gasteiger partial charge in [-0.15, -0.1) is 0 Å². The van der Waals surface area contributed by atoms with Crippen LogP contribution in [0.15, 0.2) is 58.5 Å². The monoisotopic (exact) mass is 455 g/mol. The van der Waals surface area contributed by atoms with Gasteiger partial charge in [0, 0.05) is 23.4 Å². The number of methoxy groups -OCH3 is 3. The van der Waals surface area contributed by atoms with Gasteiger partial charge in [-0.25, -0.2) is 4.98 Å². The number of carbonyl (C=O) groups is 1. The first kappa shape index (κ1) is 23.2. The molecule has 0 aliphatic rings. The second kappa shape index (κ2) is 10.7. The molecule has 1 amide bonds. The average molecular weight is 456 g/mol. The van der Waals surface area contributed by atoms with Crippen molar-refractivity contribution in [1.29, 1.82) is 0 Å². The third-order valence-corrected chi connectivity index (χ3v) is 5.92. The molecule has 2 aromatic carbocycles. The SMILES string of the molecule is CCC(Sc1nc(-c2ccc(OC)cc2)cc(=O)[nH]1)C(=O)Nc1ccc(OC)c(OC)c1. The van der Waals surface area contributed by atoms with E-state index in [1.54, 1.807) is 44.6 Å². The highest BCUT2D eigenvalue weighted by Crippen LogP contribution is 2.31. The van der Waals surface area contributed by atoms with Crippen LogP contribution in [-0.4, -0.2) is 42.5 Å². The molecule has 0 aliphatic heterocycles. The number of aromatic nitrogens is 2. The maximum Gasteiger partial charge on any atom is 0.252 e. The molecule has 168 valence electrons. The number of nitrogens with zero attached hydrogens (tertiary/aromatic N) is 1. The van der Waals surface area contributed by atoms with Crippen molar-refractivity contribution in [2.75, 3.05) is 26.6 Å². The number of carbonyl (C=O) groups excluding carboxylic acids is 1. The van der Waals surface area contributed by atoms with E-state index in [2.05, 4.69) is 15.3 Å². The Morgan fingerprint density at radius 3 is 2.38 bits per heavy atom. The number of nitrogens with one attached hydrogen (secondary N) is 2. The first-order valence-corrected chi connectivity index (χ1v) is 10.8. The van der Waals surface area contributed by atoms with Gasteiger partial charge in [0.2, 0.25) is 5.91 Å². The summed E-state index contributed by atoms with van der Waals surface area (Å²) in [7, 11) is 4.67. The van der Waals surface area contributed by atoms with Crippen LogP contribution in [0, 0.1) is 0 Å². The lowest BCUT2D eigenvalue weighted by atomic mass is 10.1. The minimum atomic E-state index is -0.461. The zero-order valence-corrected chi connectivity index (χ0v) is 19.1. The smallest absolute Gasteiger partial charge is 0.252 e. The molecule has 0 saturated heterocycles. The number of rotatable bonds is 9. The van der Waals surface area contributed by atoms with Crippen molar-refractivity contribution in [3.63, 3.8) is 0 Å². The molecule has 0 saturated carbocycles. The van der Waals surface area contributed by atoms with Crippen LogP contribution in [0.2, 0.25) is 0 Å². The van der Waals surface area contributed by atoms with E-state index >= 15 is 0 Å². The van der Waals surface area contributed by atoms with E-state index in [9.17, 15) is 9.59 Å². The van der Waals surface area contributed by atoms with Gasteiger partial charge in [0.05, 0.1) is 32.3 Å². The van der Waals surface area contributed by atoms with Gasteiger partial charge in [-0.3, -0.25) is 9.59 Å². The summed E-state index contributed by atoms with van der Waals surface area (Å²) in [6.07, 6.45) is 0.542. The van der Waals surface area contributed by atoms with E-state index < -0.39 is 5.25 Å². The normalized spacial score (nSPS) is 11.5. The number of hydrogen-bond donors (Lipinski definition) is 2. The third kappa shape index (κ3) is 5.61. The van der Waals surface area contributed by atoms with Crippen molar-refractivity contribution in [1.82, 2.24) is 9.97 Å². The van der Waals surface area contributed by atoms with Gasteiger partial charge in [-0.2, -0.15) is 0 Å². The Hall–Kier alpha value is -3.46. The highest BCUT2D eigenvalue weighted by Gasteiger charge is 2.20. The molecule has 1 heterocycles. The van der Waals surface area contributed by atoms with E-state index in [0.29, 0.717) is 40.2 Å². The zero-order valence-electron chi connectivity index (χ0n) is 18.3. The Balaban J connectivity index is 1.78. The van der Waals surface area contributed by atoms with Crippen LogP contribution in [0.4, 0.5) is 5.69 Å². The molecule has 1 atom stereocenters. The second-order valence-electron chi connectivity index (χ2n) is 6.74. The van der Waals surface area contributed by atoms with E-state index in [-0.39, 0.29) is 11.5 Å². The molecule has 3 aromatic rings. The molecule has 1 unspecified atom stereocenters. The van der Waals surface area contributed by atoms with Crippen molar-refractivity contribution >= 4 is 23.4 Å². The molecular weight excluding hydrogens is 430 g/mol. The maximum atomic E-state index is 12.9. The molecular formula is C23H25N3O5S. The lowest BCUT2D eigenvalue weighted by Gasteiger charge is -2.15. The topological polar surface area (TPSA) is 103 Å². The number of ether oxygens (including phenoxy) is 3. The van der Waals surface area contributed by atoms with Crippen LogP contribution in [0.25, 0.3) is 11.3 Å². The lowest BCUT2D eigenvalue weighted by molar-refractivity contribution is -0.115. The number of amides is 1. The number of aromatic amines is 1. The molecule has 0 bridgehead atoms. The summed E-state index contributed by atoms with van der Waals surface area (Å²) in [6, 6.07) is 13.8. The van der Waals surface area contributed by atoms with Crippen LogP contribution < -0.4 is 25.1 Å². The Morgan fingerprint density at radius 2 is 1.75 bits per heavy atom. The first-order chi connectivity index (χ1) is 15.5. The van der Waals surface area contributed by atoms with Crippen LogP contribution >= 0.6 is 11.8 Å².